The highest BCUT2D eigenvalue weighted by Gasteiger charge is 2.06. The number of hydrogen-bond acceptors (Lipinski definition) is 2. The quantitative estimate of drug-likeness (QED) is 0.481. The Kier molecular flexibility index (Phi) is 8.44. The Morgan fingerprint density at radius 3 is 2.12 bits per heavy atom. The van der Waals surface area contributed by atoms with Crippen LogP contribution in [-0.4, -0.2) is 0 Å². The van der Waals surface area contributed by atoms with E-state index in [0.29, 0.717) is 5.76 Å². The van der Waals surface area contributed by atoms with Crippen LogP contribution in [0.4, 0.5) is 0 Å². The summed E-state index contributed by atoms with van der Waals surface area (Å²) in [6.45, 7) is 16.1. The highest BCUT2D eigenvalue weighted by Crippen LogP contribution is 2.29. The van der Waals surface area contributed by atoms with E-state index in [2.05, 4.69) is 50.8 Å². The Morgan fingerprint density at radius 1 is 0.923 bits per heavy atom. The number of hydrogen-bond donors (Lipinski definition) is 1. The fourth-order valence-corrected chi connectivity index (χ4v) is 2.41. The number of rotatable bonds is 5. The van der Waals surface area contributed by atoms with Gasteiger partial charge < -0.3 is 10.5 Å². The van der Waals surface area contributed by atoms with Crippen molar-refractivity contribution in [2.24, 2.45) is 5.73 Å². The number of allylic oxidation sites excluding steroid dienone is 3. The van der Waals surface area contributed by atoms with Gasteiger partial charge in [0.2, 0.25) is 0 Å². The second-order valence-corrected chi connectivity index (χ2v) is 6.15. The molecule has 0 atom stereocenters. The van der Waals surface area contributed by atoms with E-state index in [4.69, 9.17) is 10.5 Å². The summed E-state index contributed by atoms with van der Waals surface area (Å²) in [5.74, 6) is 1.33. The maximum atomic E-state index is 5.88. The normalized spacial score (nSPS) is 10.1. The number of ether oxygens (including phenoxy) is 1. The van der Waals surface area contributed by atoms with Crippen LogP contribution in [-0.2, 0) is 0 Å². The van der Waals surface area contributed by atoms with Gasteiger partial charge in [-0.1, -0.05) is 56.3 Å². The molecule has 0 saturated carbocycles. The van der Waals surface area contributed by atoms with Crippen molar-refractivity contribution in [2.45, 2.75) is 41.5 Å². The van der Waals surface area contributed by atoms with E-state index in [1.807, 2.05) is 45.9 Å². The van der Waals surface area contributed by atoms with Gasteiger partial charge in [-0.25, -0.2) is 0 Å². The van der Waals surface area contributed by atoms with E-state index in [0.717, 1.165) is 17.0 Å². The lowest BCUT2D eigenvalue weighted by molar-refractivity contribution is 0.446. The van der Waals surface area contributed by atoms with Gasteiger partial charge in [0.25, 0.3) is 0 Å². The lowest BCUT2D eigenvalue weighted by Gasteiger charge is -2.12. The third-order valence-electron chi connectivity index (χ3n) is 3.91. The van der Waals surface area contributed by atoms with Gasteiger partial charge in [0.1, 0.15) is 11.5 Å². The summed E-state index contributed by atoms with van der Waals surface area (Å²) >= 11 is 0. The number of nitrogens with two attached hydrogens (primary N) is 1. The molecule has 2 rings (SSSR count). The minimum absolute atomic E-state index is 0.558. The Balaban J connectivity index is 0.00000163. The molecule has 2 aromatic carbocycles. The molecule has 0 radical (unpaired) electrons. The molecule has 0 fully saturated rings. The Morgan fingerprint density at radius 2 is 1.54 bits per heavy atom. The molecule has 0 heterocycles. The van der Waals surface area contributed by atoms with E-state index in [1.165, 1.54) is 22.3 Å². The van der Waals surface area contributed by atoms with Crippen LogP contribution in [0.3, 0.4) is 0 Å². The van der Waals surface area contributed by atoms with E-state index >= 15 is 0 Å². The fraction of sp³-hybridized carbons (Fsp3) is 0.250. The first-order chi connectivity index (χ1) is 12.4. The van der Waals surface area contributed by atoms with Gasteiger partial charge in [0, 0.05) is 5.70 Å². The highest BCUT2D eigenvalue weighted by molar-refractivity contribution is 5.71. The van der Waals surface area contributed by atoms with Gasteiger partial charge >= 0.3 is 0 Å². The standard InChI is InChI=1S/C22H25NO.C2H6/c1-15(2)22(23)13-10-18(5)24-19-11-12-21(17(4)14-19)20-9-7-6-8-16(20)3;1-2/h6-14H,5,23H2,1-4H3;1-2H3/b13-10-;. The molecule has 0 amide bonds. The predicted octanol–water partition coefficient (Wildman–Crippen LogP) is 6.70. The molecule has 0 saturated heterocycles. The molecule has 26 heavy (non-hydrogen) atoms. The van der Waals surface area contributed by atoms with E-state index in [1.54, 1.807) is 6.08 Å². The molecule has 0 spiro atoms. The largest absolute Gasteiger partial charge is 0.458 e. The molecule has 2 heteroatoms. The first-order valence-electron chi connectivity index (χ1n) is 9.03. The van der Waals surface area contributed by atoms with Crippen LogP contribution in [0, 0.1) is 13.8 Å². The third kappa shape index (κ3) is 5.96. The fourth-order valence-electron chi connectivity index (χ4n) is 2.41. The van der Waals surface area contributed by atoms with Crippen molar-refractivity contribution in [3.63, 3.8) is 0 Å². The highest BCUT2D eigenvalue weighted by atomic mass is 16.5. The number of benzene rings is 2. The minimum Gasteiger partial charge on any atom is -0.458 e. The smallest absolute Gasteiger partial charge is 0.127 e. The molecule has 0 aliphatic carbocycles. The van der Waals surface area contributed by atoms with E-state index in [-0.39, 0.29) is 0 Å². The van der Waals surface area contributed by atoms with Crippen molar-refractivity contribution >= 4 is 0 Å². The summed E-state index contributed by atoms with van der Waals surface area (Å²) in [6.07, 6.45) is 3.60. The van der Waals surface area contributed by atoms with Crippen molar-refractivity contribution < 1.29 is 4.74 Å². The third-order valence-corrected chi connectivity index (χ3v) is 3.91. The zero-order chi connectivity index (χ0) is 19.7. The van der Waals surface area contributed by atoms with Gasteiger partial charge in [0.05, 0.1) is 0 Å². The van der Waals surface area contributed by atoms with Crippen molar-refractivity contribution in [2.75, 3.05) is 0 Å². The lowest BCUT2D eigenvalue weighted by atomic mass is 9.96. The van der Waals surface area contributed by atoms with Crippen molar-refractivity contribution in [1.29, 1.82) is 0 Å². The molecule has 0 unspecified atom stereocenters. The van der Waals surface area contributed by atoms with Crippen LogP contribution >= 0.6 is 0 Å². The van der Waals surface area contributed by atoms with Gasteiger partial charge in [-0.05, 0) is 74.2 Å². The topological polar surface area (TPSA) is 35.2 Å². The van der Waals surface area contributed by atoms with Crippen LogP contribution < -0.4 is 10.5 Å². The molecule has 0 aromatic heterocycles. The first kappa shape index (κ1) is 21.3. The average molecular weight is 350 g/mol. The van der Waals surface area contributed by atoms with Crippen molar-refractivity contribution in [3.05, 3.63) is 89.4 Å². The molecule has 2 nitrogen and oxygen atoms in total. The van der Waals surface area contributed by atoms with Gasteiger partial charge in [-0.2, -0.15) is 0 Å². The molecule has 0 aliphatic heterocycles. The van der Waals surface area contributed by atoms with Crippen molar-refractivity contribution in [1.82, 2.24) is 0 Å². The van der Waals surface area contributed by atoms with Gasteiger partial charge in [-0.3, -0.25) is 0 Å². The molecule has 138 valence electrons. The average Bonchev–Trinajstić information content (AvgIpc) is 2.62. The molecular formula is C24H31NO. The molecule has 2 N–H and O–H groups in total. The summed E-state index contributed by atoms with van der Waals surface area (Å²) in [7, 11) is 0. The Bertz CT molecular complexity index is 809. The van der Waals surface area contributed by atoms with Gasteiger partial charge in [-0.15, -0.1) is 0 Å². The van der Waals surface area contributed by atoms with Crippen LogP contribution in [0.5, 0.6) is 5.75 Å². The summed E-state index contributed by atoms with van der Waals surface area (Å²) in [5.41, 5.74) is 12.6. The van der Waals surface area contributed by atoms with E-state index in [9.17, 15) is 0 Å². The zero-order valence-electron chi connectivity index (χ0n) is 16.9. The van der Waals surface area contributed by atoms with Crippen LogP contribution in [0.15, 0.2) is 78.2 Å². The molecular weight excluding hydrogens is 318 g/mol. The van der Waals surface area contributed by atoms with E-state index < -0.39 is 0 Å². The summed E-state index contributed by atoms with van der Waals surface area (Å²) < 4.78 is 5.79. The monoisotopic (exact) mass is 349 g/mol. The maximum absolute atomic E-state index is 5.88. The van der Waals surface area contributed by atoms with Crippen molar-refractivity contribution in [3.8, 4) is 16.9 Å². The summed E-state index contributed by atoms with van der Waals surface area (Å²) in [5, 5.41) is 0. The van der Waals surface area contributed by atoms with Crippen LogP contribution in [0.2, 0.25) is 0 Å². The minimum atomic E-state index is 0.558. The second kappa shape index (κ2) is 10.3. The molecule has 2 aromatic rings. The van der Waals surface area contributed by atoms with Crippen LogP contribution in [0.25, 0.3) is 11.1 Å². The second-order valence-electron chi connectivity index (χ2n) is 6.15. The summed E-state index contributed by atoms with van der Waals surface area (Å²) in [6, 6.07) is 14.5. The van der Waals surface area contributed by atoms with Crippen LogP contribution in [0.1, 0.15) is 38.8 Å². The zero-order valence-corrected chi connectivity index (χ0v) is 16.9. The lowest BCUT2D eigenvalue weighted by Crippen LogP contribution is -1.97. The first-order valence-corrected chi connectivity index (χ1v) is 9.03. The SMILES string of the molecule is C=C(/C=C\C(N)=C(C)C)Oc1ccc(-c2ccccc2C)c(C)c1.CC. The summed E-state index contributed by atoms with van der Waals surface area (Å²) in [4.78, 5) is 0. The Labute approximate surface area is 158 Å². The maximum Gasteiger partial charge on any atom is 0.127 e. The Hall–Kier alpha value is -2.74. The predicted molar refractivity (Wildman–Crippen MR) is 114 cm³/mol. The number of aryl methyl sites for hydroxylation is 2. The molecule has 0 aliphatic rings. The molecule has 0 bridgehead atoms. The van der Waals surface area contributed by atoms with Gasteiger partial charge in [0.15, 0.2) is 0 Å².